The van der Waals surface area contributed by atoms with Crippen LogP contribution >= 0.6 is 0 Å². The molecule has 1 saturated carbocycles. The van der Waals surface area contributed by atoms with Gasteiger partial charge in [0.1, 0.15) is 5.60 Å². The zero-order valence-corrected chi connectivity index (χ0v) is 15.3. The maximum absolute atomic E-state index is 12.4. The summed E-state index contributed by atoms with van der Waals surface area (Å²) in [5.74, 6) is 0. The Bertz CT molecular complexity index is 616. The third-order valence-electron chi connectivity index (χ3n) is 4.39. The molecule has 1 saturated heterocycles. The molecular formula is C14H24F3N3O4S. The van der Waals surface area contributed by atoms with Crippen molar-refractivity contribution in [2.75, 3.05) is 19.6 Å². The van der Waals surface area contributed by atoms with Crippen molar-refractivity contribution in [1.82, 2.24) is 9.21 Å². The predicted molar refractivity (Wildman–Crippen MR) is 83.7 cm³/mol. The van der Waals surface area contributed by atoms with Gasteiger partial charge in [0.15, 0.2) is 0 Å². The maximum atomic E-state index is 12.4. The van der Waals surface area contributed by atoms with Crippen molar-refractivity contribution in [3.8, 4) is 0 Å². The highest BCUT2D eigenvalue weighted by Crippen LogP contribution is 2.51. The minimum atomic E-state index is -4.45. The summed E-state index contributed by atoms with van der Waals surface area (Å²) in [7, 11) is -4.21. The number of hydrogen-bond donors (Lipinski definition) is 1. The Morgan fingerprint density at radius 2 is 1.80 bits per heavy atom. The third-order valence-corrected chi connectivity index (χ3v) is 5.53. The van der Waals surface area contributed by atoms with Crippen LogP contribution in [-0.2, 0) is 14.9 Å². The molecule has 0 bridgehead atoms. The molecule has 1 amide bonds. The molecule has 1 aliphatic carbocycles. The summed E-state index contributed by atoms with van der Waals surface area (Å²) in [6, 6.07) is -0.557. The maximum Gasteiger partial charge on any atom is 0.410 e. The number of rotatable bonds is 4. The monoisotopic (exact) mass is 387 g/mol. The van der Waals surface area contributed by atoms with Gasteiger partial charge in [-0.25, -0.2) is 9.93 Å². The number of halogens is 3. The SMILES string of the molecule is CC(C)(C)OC(=O)N1CC2(CC(N(CCC(F)(F)F)S(N)(=O)=O)C2)C1. The van der Waals surface area contributed by atoms with Crippen LogP contribution in [0.25, 0.3) is 0 Å². The minimum Gasteiger partial charge on any atom is -0.444 e. The summed E-state index contributed by atoms with van der Waals surface area (Å²) in [4.78, 5) is 13.4. The molecule has 146 valence electrons. The lowest BCUT2D eigenvalue weighted by molar-refractivity contribution is -0.141. The van der Waals surface area contributed by atoms with Crippen molar-refractivity contribution in [2.24, 2.45) is 10.6 Å². The molecule has 0 aromatic rings. The van der Waals surface area contributed by atoms with Gasteiger partial charge in [0.25, 0.3) is 10.2 Å². The average molecular weight is 387 g/mol. The van der Waals surface area contributed by atoms with E-state index in [0.29, 0.717) is 25.9 Å². The van der Waals surface area contributed by atoms with Crippen LogP contribution in [0, 0.1) is 5.41 Å². The van der Waals surface area contributed by atoms with E-state index in [1.807, 2.05) is 0 Å². The number of nitrogens with zero attached hydrogens (tertiary/aromatic N) is 2. The Morgan fingerprint density at radius 3 is 2.20 bits per heavy atom. The molecule has 2 aliphatic rings. The summed E-state index contributed by atoms with van der Waals surface area (Å²) < 4.78 is 66.3. The van der Waals surface area contributed by atoms with Gasteiger partial charge in [-0.3, -0.25) is 0 Å². The van der Waals surface area contributed by atoms with Crippen LogP contribution in [0.4, 0.5) is 18.0 Å². The Hall–Kier alpha value is -1.07. The Balaban J connectivity index is 1.87. The Morgan fingerprint density at radius 1 is 1.28 bits per heavy atom. The van der Waals surface area contributed by atoms with Crippen LogP contribution in [0.15, 0.2) is 0 Å². The molecule has 25 heavy (non-hydrogen) atoms. The molecule has 2 rings (SSSR count). The van der Waals surface area contributed by atoms with Crippen LogP contribution in [0.5, 0.6) is 0 Å². The molecule has 0 aromatic heterocycles. The van der Waals surface area contributed by atoms with E-state index in [1.54, 1.807) is 20.8 Å². The van der Waals surface area contributed by atoms with Crippen molar-refractivity contribution in [1.29, 1.82) is 0 Å². The van der Waals surface area contributed by atoms with E-state index in [-0.39, 0.29) is 5.41 Å². The fourth-order valence-electron chi connectivity index (χ4n) is 3.38. The van der Waals surface area contributed by atoms with Crippen molar-refractivity contribution >= 4 is 16.3 Å². The molecule has 2 fully saturated rings. The van der Waals surface area contributed by atoms with Crippen molar-refractivity contribution in [3.63, 3.8) is 0 Å². The molecule has 0 unspecified atom stereocenters. The second-order valence-corrected chi connectivity index (χ2v) is 9.42. The normalized spacial score (nSPS) is 21.2. The average Bonchev–Trinajstić information content (AvgIpc) is 2.22. The molecular weight excluding hydrogens is 363 g/mol. The number of alkyl halides is 3. The number of carbonyl (C=O) groups is 1. The topological polar surface area (TPSA) is 92.9 Å². The van der Waals surface area contributed by atoms with E-state index in [9.17, 15) is 26.4 Å². The van der Waals surface area contributed by atoms with E-state index in [4.69, 9.17) is 9.88 Å². The number of hydrogen-bond acceptors (Lipinski definition) is 4. The summed E-state index contributed by atoms with van der Waals surface area (Å²) in [6.07, 6.45) is -5.35. The van der Waals surface area contributed by atoms with E-state index < -0.39 is 47.1 Å². The number of amides is 1. The van der Waals surface area contributed by atoms with E-state index in [2.05, 4.69) is 0 Å². The summed E-state index contributed by atoms with van der Waals surface area (Å²) in [5.41, 5.74) is -0.854. The van der Waals surface area contributed by atoms with Gasteiger partial charge in [0.2, 0.25) is 0 Å². The molecule has 0 radical (unpaired) electrons. The number of carbonyl (C=O) groups excluding carboxylic acids is 1. The van der Waals surface area contributed by atoms with Gasteiger partial charge in [-0.2, -0.15) is 25.9 Å². The molecule has 2 N–H and O–H groups in total. The minimum absolute atomic E-state index is 0.247. The molecule has 1 heterocycles. The number of nitrogens with two attached hydrogens (primary N) is 1. The first-order valence-electron chi connectivity index (χ1n) is 7.95. The second kappa shape index (κ2) is 6.27. The number of ether oxygens (including phenoxy) is 1. The van der Waals surface area contributed by atoms with E-state index >= 15 is 0 Å². The lowest BCUT2D eigenvalue weighted by atomic mass is 9.60. The van der Waals surface area contributed by atoms with Crippen LogP contribution in [0.2, 0.25) is 0 Å². The highest BCUT2D eigenvalue weighted by atomic mass is 32.2. The first kappa shape index (κ1) is 20.2. The van der Waals surface area contributed by atoms with Crippen LogP contribution in [0.1, 0.15) is 40.0 Å². The van der Waals surface area contributed by atoms with Gasteiger partial charge in [0, 0.05) is 31.1 Å². The fourth-order valence-corrected chi connectivity index (χ4v) is 4.29. The highest BCUT2D eigenvalue weighted by Gasteiger charge is 2.57. The van der Waals surface area contributed by atoms with Crippen LogP contribution < -0.4 is 5.14 Å². The van der Waals surface area contributed by atoms with Gasteiger partial charge >= 0.3 is 12.3 Å². The number of likely N-dealkylation sites (tertiary alicyclic amines) is 1. The van der Waals surface area contributed by atoms with Gasteiger partial charge in [-0.05, 0) is 33.6 Å². The first-order chi connectivity index (χ1) is 11.1. The Kier molecular flexibility index (Phi) is 5.08. The summed E-state index contributed by atoms with van der Waals surface area (Å²) in [6.45, 7) is 5.41. The lowest BCUT2D eigenvalue weighted by Crippen LogP contribution is -2.68. The molecule has 0 aromatic carbocycles. The standard InChI is InChI=1S/C14H24F3N3O4S/c1-12(2,3)24-11(21)19-8-13(9-19)6-10(7-13)20(25(18,22)23)5-4-14(15,16)17/h10H,4-9H2,1-3H3,(H2,18,22,23). The van der Waals surface area contributed by atoms with Gasteiger partial charge < -0.3 is 9.64 Å². The fraction of sp³-hybridized carbons (Fsp3) is 0.929. The van der Waals surface area contributed by atoms with Crippen molar-refractivity contribution in [3.05, 3.63) is 0 Å². The highest BCUT2D eigenvalue weighted by molar-refractivity contribution is 7.86. The second-order valence-electron chi connectivity index (χ2n) is 7.92. The predicted octanol–water partition coefficient (Wildman–Crippen LogP) is 1.84. The lowest BCUT2D eigenvalue weighted by Gasteiger charge is -2.60. The summed E-state index contributed by atoms with van der Waals surface area (Å²) in [5, 5.41) is 5.06. The quantitative estimate of drug-likeness (QED) is 0.797. The first-order valence-corrected chi connectivity index (χ1v) is 9.45. The van der Waals surface area contributed by atoms with E-state index in [1.165, 1.54) is 4.90 Å². The van der Waals surface area contributed by atoms with Gasteiger partial charge in [-0.1, -0.05) is 0 Å². The van der Waals surface area contributed by atoms with Gasteiger partial charge in [0.05, 0.1) is 6.42 Å². The van der Waals surface area contributed by atoms with Crippen LogP contribution in [0.3, 0.4) is 0 Å². The van der Waals surface area contributed by atoms with Crippen molar-refractivity contribution < 1.29 is 31.1 Å². The van der Waals surface area contributed by atoms with Gasteiger partial charge in [-0.15, -0.1) is 0 Å². The molecule has 1 spiro atoms. The molecule has 1 aliphatic heterocycles. The molecule has 0 atom stereocenters. The summed E-state index contributed by atoms with van der Waals surface area (Å²) >= 11 is 0. The molecule has 11 heteroatoms. The van der Waals surface area contributed by atoms with E-state index in [0.717, 1.165) is 4.31 Å². The largest absolute Gasteiger partial charge is 0.444 e. The third kappa shape index (κ3) is 5.20. The Labute approximate surface area is 145 Å². The zero-order valence-electron chi connectivity index (χ0n) is 14.5. The van der Waals surface area contributed by atoms with Crippen molar-refractivity contribution in [2.45, 2.75) is 57.9 Å². The molecule has 7 nitrogen and oxygen atoms in total. The smallest absolute Gasteiger partial charge is 0.410 e. The van der Waals surface area contributed by atoms with Crippen LogP contribution in [-0.4, -0.2) is 61.2 Å². The zero-order chi connectivity index (χ0) is 19.3.